The quantitative estimate of drug-likeness (QED) is 0.683. The highest BCUT2D eigenvalue weighted by atomic mass is 19.4. The Bertz CT molecular complexity index is 415. The summed E-state index contributed by atoms with van der Waals surface area (Å²) < 4.78 is 71.8. The van der Waals surface area contributed by atoms with Crippen LogP contribution in [0.25, 0.3) is 0 Å². The summed E-state index contributed by atoms with van der Waals surface area (Å²) >= 11 is 0. The van der Waals surface area contributed by atoms with Gasteiger partial charge in [-0.3, -0.25) is 4.79 Å². The highest BCUT2D eigenvalue weighted by Gasteiger charge is 2.37. The second-order valence-electron chi connectivity index (χ2n) is 2.61. The Hall–Kier alpha value is -1.47. The highest BCUT2D eigenvalue weighted by Crippen LogP contribution is 2.29. The van der Waals surface area contributed by atoms with Crippen molar-refractivity contribution in [2.75, 3.05) is 0 Å². The van der Waals surface area contributed by atoms with Crippen LogP contribution in [0.1, 0.15) is 11.3 Å². The zero-order valence-corrected chi connectivity index (χ0v) is 6.83. The minimum Gasteiger partial charge on any atom is -0.318 e. The molecule has 0 radical (unpaired) electrons. The fourth-order valence-electron chi connectivity index (χ4n) is 0.862. The van der Waals surface area contributed by atoms with Gasteiger partial charge in [-0.15, -0.1) is 0 Å². The number of hydrogen-bond donors (Lipinski definition) is 1. The molecule has 0 spiro atoms. The Kier molecular flexibility index (Phi) is 2.54. The third-order valence-corrected chi connectivity index (χ3v) is 1.52. The average molecular weight is 231 g/mol. The molecule has 0 amide bonds. The standard InChI is InChI=1S/C7H3F6NO/c8-6(9,10)3-1-2-4(7(11,12)13)14-5(3)15/h1-2H,(H,14,15). The molecule has 0 atom stereocenters. The number of nitrogens with one attached hydrogen (secondary N) is 1. The van der Waals surface area contributed by atoms with E-state index in [0.717, 1.165) is 4.98 Å². The fourth-order valence-corrected chi connectivity index (χ4v) is 0.862. The van der Waals surface area contributed by atoms with Crippen molar-refractivity contribution in [2.45, 2.75) is 12.4 Å². The molecule has 1 aromatic heterocycles. The van der Waals surface area contributed by atoms with Crippen LogP contribution in [0.2, 0.25) is 0 Å². The van der Waals surface area contributed by atoms with Gasteiger partial charge in [0.1, 0.15) is 11.3 Å². The van der Waals surface area contributed by atoms with E-state index in [1.54, 1.807) is 0 Å². The van der Waals surface area contributed by atoms with Crippen molar-refractivity contribution >= 4 is 0 Å². The molecule has 0 bridgehead atoms. The highest BCUT2D eigenvalue weighted by molar-refractivity contribution is 5.18. The molecule has 1 N–H and O–H groups in total. The molecular formula is C7H3F6NO. The summed E-state index contributed by atoms with van der Waals surface area (Å²) in [6.07, 6.45) is -9.83. The predicted octanol–water partition coefficient (Wildman–Crippen LogP) is 2.41. The molecule has 15 heavy (non-hydrogen) atoms. The molecule has 0 aliphatic heterocycles. The van der Waals surface area contributed by atoms with Crippen LogP contribution in [-0.4, -0.2) is 4.98 Å². The van der Waals surface area contributed by atoms with Gasteiger partial charge >= 0.3 is 12.4 Å². The molecular weight excluding hydrogens is 228 g/mol. The molecule has 0 unspecified atom stereocenters. The molecule has 1 aromatic rings. The Morgan fingerprint density at radius 3 is 1.80 bits per heavy atom. The molecule has 0 aromatic carbocycles. The summed E-state index contributed by atoms with van der Waals surface area (Å²) in [6, 6.07) is 0.270. The van der Waals surface area contributed by atoms with Crippen LogP contribution in [0, 0.1) is 0 Å². The maximum Gasteiger partial charge on any atom is 0.431 e. The zero-order chi connectivity index (χ0) is 11.9. The van der Waals surface area contributed by atoms with Crippen molar-refractivity contribution in [3.63, 3.8) is 0 Å². The van der Waals surface area contributed by atoms with Crippen LogP contribution < -0.4 is 5.56 Å². The first-order chi connectivity index (χ1) is 6.62. The maximum absolute atomic E-state index is 12.0. The molecule has 8 heteroatoms. The SMILES string of the molecule is O=c1[nH]c(C(F)(F)F)ccc1C(F)(F)F. The minimum absolute atomic E-state index is 0.0989. The number of H-pyrrole nitrogens is 1. The van der Waals surface area contributed by atoms with E-state index in [2.05, 4.69) is 0 Å². The van der Waals surface area contributed by atoms with Gasteiger partial charge in [0.2, 0.25) is 0 Å². The average Bonchev–Trinajstić information content (AvgIpc) is 1.99. The van der Waals surface area contributed by atoms with Crippen molar-refractivity contribution in [3.8, 4) is 0 Å². The summed E-state index contributed by atoms with van der Waals surface area (Å²) in [6.45, 7) is 0. The lowest BCUT2D eigenvalue weighted by Gasteiger charge is -2.08. The van der Waals surface area contributed by atoms with Crippen LogP contribution in [0.4, 0.5) is 26.3 Å². The zero-order valence-electron chi connectivity index (χ0n) is 6.83. The number of rotatable bonds is 0. The molecule has 1 heterocycles. The lowest BCUT2D eigenvalue weighted by Crippen LogP contribution is -2.24. The molecule has 0 aliphatic carbocycles. The summed E-state index contributed by atoms with van der Waals surface area (Å²) in [5.74, 6) is 0. The van der Waals surface area contributed by atoms with Crippen LogP contribution in [0.5, 0.6) is 0 Å². The van der Waals surface area contributed by atoms with Crippen molar-refractivity contribution in [2.24, 2.45) is 0 Å². The summed E-state index contributed by atoms with van der Waals surface area (Å²) in [5.41, 5.74) is -4.98. The van der Waals surface area contributed by atoms with E-state index in [9.17, 15) is 31.1 Å². The second-order valence-corrected chi connectivity index (χ2v) is 2.61. The monoisotopic (exact) mass is 231 g/mol. The maximum atomic E-state index is 12.0. The van der Waals surface area contributed by atoms with Gasteiger partial charge in [-0.1, -0.05) is 0 Å². The van der Waals surface area contributed by atoms with Gasteiger partial charge < -0.3 is 4.98 Å². The van der Waals surface area contributed by atoms with E-state index in [1.165, 1.54) is 0 Å². The van der Waals surface area contributed by atoms with Gasteiger partial charge in [0, 0.05) is 0 Å². The predicted molar refractivity (Wildman–Crippen MR) is 37.1 cm³/mol. The van der Waals surface area contributed by atoms with Gasteiger partial charge in [-0.25, -0.2) is 0 Å². The van der Waals surface area contributed by atoms with Gasteiger partial charge in [-0.2, -0.15) is 26.3 Å². The molecule has 0 aliphatic rings. The number of hydrogen-bond acceptors (Lipinski definition) is 1. The largest absolute Gasteiger partial charge is 0.431 e. The molecule has 2 nitrogen and oxygen atoms in total. The number of aromatic amines is 1. The lowest BCUT2D eigenvalue weighted by molar-refractivity contribution is -0.145. The second kappa shape index (κ2) is 3.28. The summed E-state index contributed by atoms with van der Waals surface area (Å²) in [4.78, 5) is 11.8. The van der Waals surface area contributed by atoms with E-state index in [0.29, 0.717) is 0 Å². The summed E-state index contributed by atoms with van der Waals surface area (Å²) in [7, 11) is 0. The van der Waals surface area contributed by atoms with Crippen molar-refractivity contribution in [3.05, 3.63) is 33.7 Å². The smallest absolute Gasteiger partial charge is 0.318 e. The lowest BCUT2D eigenvalue weighted by atomic mass is 10.2. The van der Waals surface area contributed by atoms with E-state index in [-0.39, 0.29) is 12.1 Å². The Morgan fingerprint density at radius 1 is 0.933 bits per heavy atom. The van der Waals surface area contributed by atoms with Gasteiger partial charge in [0.05, 0.1) is 0 Å². The first-order valence-electron chi connectivity index (χ1n) is 3.50. The van der Waals surface area contributed by atoms with Crippen LogP contribution in [-0.2, 0) is 12.4 Å². The first kappa shape index (κ1) is 11.6. The molecule has 1 rings (SSSR count). The van der Waals surface area contributed by atoms with Crippen molar-refractivity contribution in [1.29, 1.82) is 0 Å². The topological polar surface area (TPSA) is 32.9 Å². The number of aromatic nitrogens is 1. The Morgan fingerprint density at radius 2 is 1.47 bits per heavy atom. The molecule has 84 valence electrons. The molecule has 0 saturated heterocycles. The van der Waals surface area contributed by atoms with Crippen LogP contribution in [0.15, 0.2) is 16.9 Å². The summed E-state index contributed by atoms with van der Waals surface area (Å²) in [5, 5.41) is 0. The van der Waals surface area contributed by atoms with Crippen LogP contribution >= 0.6 is 0 Å². The van der Waals surface area contributed by atoms with Gasteiger partial charge in [-0.05, 0) is 12.1 Å². The minimum atomic E-state index is -4.96. The molecule has 0 saturated carbocycles. The number of alkyl halides is 6. The third kappa shape index (κ3) is 2.51. The third-order valence-electron chi connectivity index (χ3n) is 1.52. The van der Waals surface area contributed by atoms with Crippen molar-refractivity contribution < 1.29 is 26.3 Å². The van der Waals surface area contributed by atoms with Gasteiger partial charge in [0.25, 0.3) is 5.56 Å². The first-order valence-corrected chi connectivity index (χ1v) is 3.50. The number of halogens is 6. The van der Waals surface area contributed by atoms with E-state index < -0.39 is 29.2 Å². The normalized spacial score (nSPS) is 12.9. The van der Waals surface area contributed by atoms with Crippen molar-refractivity contribution in [1.82, 2.24) is 4.98 Å². The van der Waals surface area contributed by atoms with Gasteiger partial charge in [0.15, 0.2) is 0 Å². The van der Waals surface area contributed by atoms with E-state index >= 15 is 0 Å². The Balaban J connectivity index is 3.28. The van der Waals surface area contributed by atoms with E-state index in [1.807, 2.05) is 0 Å². The Labute approximate surface area is 78.5 Å². The molecule has 0 fully saturated rings. The van der Waals surface area contributed by atoms with Crippen LogP contribution in [0.3, 0.4) is 0 Å². The van der Waals surface area contributed by atoms with E-state index in [4.69, 9.17) is 0 Å². The number of pyridine rings is 1. The fraction of sp³-hybridized carbons (Fsp3) is 0.286.